The third-order valence-electron chi connectivity index (χ3n) is 4.07. The molecule has 1 saturated heterocycles. The fourth-order valence-electron chi connectivity index (χ4n) is 2.75. The number of furan rings is 1. The number of anilines is 1. The molecular formula is C16H16BrN3O4. The molecular weight excluding hydrogens is 378 g/mol. The van der Waals surface area contributed by atoms with Crippen molar-refractivity contribution in [3.63, 3.8) is 0 Å². The summed E-state index contributed by atoms with van der Waals surface area (Å²) in [4.78, 5) is 24.4. The summed E-state index contributed by atoms with van der Waals surface area (Å²) < 4.78 is 5.61. The van der Waals surface area contributed by atoms with Crippen LogP contribution in [0, 0.1) is 10.1 Å². The van der Waals surface area contributed by atoms with Gasteiger partial charge in [-0.2, -0.15) is 0 Å². The third kappa shape index (κ3) is 3.59. The van der Waals surface area contributed by atoms with Gasteiger partial charge in [-0.05, 0) is 40.9 Å². The molecule has 0 aliphatic carbocycles. The first-order valence-electron chi connectivity index (χ1n) is 7.56. The lowest BCUT2D eigenvalue weighted by molar-refractivity contribution is -0.384. The lowest BCUT2D eigenvalue weighted by Gasteiger charge is -2.32. The minimum absolute atomic E-state index is 0.0151. The van der Waals surface area contributed by atoms with Crippen LogP contribution in [0.15, 0.2) is 45.7 Å². The summed E-state index contributed by atoms with van der Waals surface area (Å²) in [5, 5.41) is 14.2. The molecule has 2 heterocycles. The summed E-state index contributed by atoms with van der Waals surface area (Å²) in [5.41, 5.74) is 1.44. The Morgan fingerprint density at radius 2 is 2.08 bits per heavy atom. The van der Waals surface area contributed by atoms with Crippen LogP contribution in [0.3, 0.4) is 0 Å². The van der Waals surface area contributed by atoms with Gasteiger partial charge in [-0.15, -0.1) is 0 Å². The van der Waals surface area contributed by atoms with E-state index < -0.39 is 4.92 Å². The monoisotopic (exact) mass is 393 g/mol. The zero-order chi connectivity index (χ0) is 17.1. The van der Waals surface area contributed by atoms with Gasteiger partial charge < -0.3 is 14.6 Å². The molecule has 0 radical (unpaired) electrons. The third-order valence-corrected chi connectivity index (χ3v) is 4.73. The molecule has 1 aromatic heterocycles. The number of nitrogens with zero attached hydrogens (tertiary/aromatic N) is 2. The maximum Gasteiger partial charge on any atom is 0.270 e. The van der Waals surface area contributed by atoms with E-state index in [4.69, 9.17) is 4.42 Å². The van der Waals surface area contributed by atoms with E-state index in [1.165, 1.54) is 24.7 Å². The summed E-state index contributed by atoms with van der Waals surface area (Å²) in [5.74, 6) is -0.0151. The average Bonchev–Trinajstić information content (AvgIpc) is 3.11. The van der Waals surface area contributed by atoms with E-state index >= 15 is 0 Å². The van der Waals surface area contributed by atoms with E-state index in [9.17, 15) is 14.9 Å². The summed E-state index contributed by atoms with van der Waals surface area (Å²) in [6, 6.07) is 6.55. The zero-order valence-electron chi connectivity index (χ0n) is 12.8. The number of nitro groups is 1. The van der Waals surface area contributed by atoms with Crippen molar-refractivity contribution in [3.8, 4) is 0 Å². The smallest absolute Gasteiger partial charge is 0.270 e. The van der Waals surface area contributed by atoms with E-state index in [0.717, 1.165) is 18.5 Å². The quantitative estimate of drug-likeness (QED) is 0.632. The highest BCUT2D eigenvalue weighted by molar-refractivity contribution is 9.10. The molecule has 1 aliphatic heterocycles. The number of nitro benzene ring substituents is 1. The van der Waals surface area contributed by atoms with Crippen molar-refractivity contribution in [3.05, 3.63) is 56.9 Å². The molecule has 1 N–H and O–H groups in total. The summed E-state index contributed by atoms with van der Waals surface area (Å²) in [6.45, 7) is 1.32. The van der Waals surface area contributed by atoms with Crippen LogP contribution in [0.4, 0.5) is 11.4 Å². The fourth-order valence-corrected chi connectivity index (χ4v) is 3.23. The van der Waals surface area contributed by atoms with Crippen molar-refractivity contribution in [1.82, 2.24) is 4.90 Å². The first-order chi connectivity index (χ1) is 11.5. The van der Waals surface area contributed by atoms with Gasteiger partial charge in [0.25, 0.3) is 11.6 Å². The number of likely N-dealkylation sites (tertiary alicyclic amines) is 1. The predicted molar refractivity (Wildman–Crippen MR) is 92.1 cm³/mol. The Labute approximate surface area is 146 Å². The predicted octanol–water partition coefficient (Wildman–Crippen LogP) is 3.67. The number of benzene rings is 1. The van der Waals surface area contributed by atoms with Crippen LogP contribution in [0.25, 0.3) is 0 Å². The minimum Gasteiger partial charge on any atom is -0.472 e. The Morgan fingerprint density at radius 3 is 2.67 bits per heavy atom. The molecule has 7 nitrogen and oxygen atoms in total. The van der Waals surface area contributed by atoms with Crippen molar-refractivity contribution < 1.29 is 14.1 Å². The summed E-state index contributed by atoms with van der Waals surface area (Å²) in [7, 11) is 0. The average molecular weight is 394 g/mol. The number of amides is 1. The Kier molecular flexibility index (Phi) is 4.84. The van der Waals surface area contributed by atoms with Crippen molar-refractivity contribution >= 4 is 33.2 Å². The normalized spacial score (nSPS) is 15.3. The van der Waals surface area contributed by atoms with Crippen LogP contribution in [-0.4, -0.2) is 34.9 Å². The molecule has 1 aromatic carbocycles. The number of hydrogen-bond acceptors (Lipinski definition) is 5. The highest BCUT2D eigenvalue weighted by atomic mass is 79.9. The number of rotatable bonds is 4. The van der Waals surface area contributed by atoms with Crippen LogP contribution < -0.4 is 5.32 Å². The molecule has 0 bridgehead atoms. The van der Waals surface area contributed by atoms with Crippen LogP contribution >= 0.6 is 15.9 Å². The standard InChI is InChI=1S/C16H16BrN3O4/c17-14-9-13(20(22)23)1-2-15(14)18-12-3-6-19(7-4-12)16(21)11-5-8-24-10-11/h1-2,5,8-10,12,18H,3-4,6-7H2. The second-order valence-corrected chi connectivity index (χ2v) is 6.50. The van der Waals surface area contributed by atoms with Crippen LogP contribution in [0.1, 0.15) is 23.2 Å². The zero-order valence-corrected chi connectivity index (χ0v) is 14.4. The van der Waals surface area contributed by atoms with E-state index in [1.807, 2.05) is 4.90 Å². The molecule has 0 spiro atoms. The number of carbonyl (C=O) groups is 1. The maximum absolute atomic E-state index is 12.3. The van der Waals surface area contributed by atoms with Crippen molar-refractivity contribution in [2.45, 2.75) is 18.9 Å². The van der Waals surface area contributed by atoms with Gasteiger partial charge in [0.2, 0.25) is 0 Å². The minimum atomic E-state index is -0.422. The van der Waals surface area contributed by atoms with E-state index in [-0.39, 0.29) is 17.6 Å². The number of hydrogen-bond donors (Lipinski definition) is 1. The molecule has 3 rings (SSSR count). The number of carbonyl (C=O) groups excluding carboxylic acids is 1. The molecule has 1 fully saturated rings. The van der Waals surface area contributed by atoms with E-state index in [0.29, 0.717) is 23.1 Å². The summed E-state index contributed by atoms with van der Waals surface area (Å²) in [6.07, 6.45) is 4.58. The molecule has 24 heavy (non-hydrogen) atoms. The number of non-ortho nitro benzene ring substituents is 1. The molecule has 8 heteroatoms. The molecule has 126 valence electrons. The Morgan fingerprint density at radius 1 is 1.33 bits per heavy atom. The molecule has 1 aliphatic rings. The highest BCUT2D eigenvalue weighted by Crippen LogP contribution is 2.29. The summed E-state index contributed by atoms with van der Waals surface area (Å²) >= 11 is 3.36. The van der Waals surface area contributed by atoms with Crippen molar-refractivity contribution in [2.24, 2.45) is 0 Å². The van der Waals surface area contributed by atoms with Gasteiger partial charge in [0.1, 0.15) is 6.26 Å². The molecule has 1 amide bonds. The van der Waals surface area contributed by atoms with Gasteiger partial charge in [-0.1, -0.05) is 0 Å². The lowest BCUT2D eigenvalue weighted by atomic mass is 10.0. The number of nitrogens with one attached hydrogen (secondary N) is 1. The SMILES string of the molecule is O=C(c1ccoc1)N1CCC(Nc2ccc([N+](=O)[O-])cc2Br)CC1. The largest absolute Gasteiger partial charge is 0.472 e. The Hall–Kier alpha value is -2.35. The van der Waals surface area contributed by atoms with Crippen LogP contribution in [-0.2, 0) is 0 Å². The first kappa shape index (κ1) is 16.5. The Bertz CT molecular complexity index is 740. The molecule has 0 atom stereocenters. The number of halogens is 1. The molecule has 2 aromatic rings. The van der Waals surface area contributed by atoms with Gasteiger partial charge >= 0.3 is 0 Å². The van der Waals surface area contributed by atoms with Gasteiger partial charge in [0.05, 0.1) is 16.7 Å². The first-order valence-corrected chi connectivity index (χ1v) is 8.36. The van der Waals surface area contributed by atoms with Gasteiger partial charge in [-0.3, -0.25) is 14.9 Å². The second kappa shape index (κ2) is 7.04. The van der Waals surface area contributed by atoms with Crippen molar-refractivity contribution in [2.75, 3.05) is 18.4 Å². The molecule has 0 unspecified atom stereocenters. The van der Waals surface area contributed by atoms with Crippen LogP contribution in [0.5, 0.6) is 0 Å². The van der Waals surface area contributed by atoms with Crippen LogP contribution in [0.2, 0.25) is 0 Å². The van der Waals surface area contributed by atoms with E-state index in [1.54, 1.807) is 12.1 Å². The second-order valence-electron chi connectivity index (χ2n) is 5.64. The van der Waals surface area contributed by atoms with Gasteiger partial charge in [0.15, 0.2) is 0 Å². The maximum atomic E-state index is 12.3. The highest BCUT2D eigenvalue weighted by Gasteiger charge is 2.24. The van der Waals surface area contributed by atoms with Gasteiger partial charge in [-0.25, -0.2) is 0 Å². The van der Waals surface area contributed by atoms with Gasteiger partial charge in [0, 0.05) is 41.4 Å². The van der Waals surface area contributed by atoms with E-state index in [2.05, 4.69) is 21.2 Å². The Balaban J connectivity index is 1.58. The number of piperidine rings is 1. The topological polar surface area (TPSA) is 88.6 Å². The van der Waals surface area contributed by atoms with Crippen molar-refractivity contribution in [1.29, 1.82) is 0 Å². The lowest BCUT2D eigenvalue weighted by Crippen LogP contribution is -2.42. The molecule has 0 saturated carbocycles. The fraction of sp³-hybridized carbons (Fsp3) is 0.312.